The van der Waals surface area contributed by atoms with E-state index in [0.29, 0.717) is 17.9 Å². The Labute approximate surface area is 111 Å². The van der Waals surface area contributed by atoms with Gasteiger partial charge in [0.1, 0.15) is 0 Å². The number of rotatable bonds is 6. The summed E-state index contributed by atoms with van der Waals surface area (Å²) in [4.78, 5) is 14.7. The van der Waals surface area contributed by atoms with Crippen molar-refractivity contribution < 1.29 is 4.79 Å². The molecule has 3 atom stereocenters. The molecule has 1 saturated carbocycles. The molecule has 0 bridgehead atoms. The van der Waals surface area contributed by atoms with Crippen molar-refractivity contribution in [3.8, 4) is 0 Å². The normalized spacial score (nSPS) is 30.3. The van der Waals surface area contributed by atoms with Crippen molar-refractivity contribution in [3.05, 3.63) is 0 Å². The van der Waals surface area contributed by atoms with Crippen LogP contribution in [0.1, 0.15) is 59.8 Å². The molecular weight excluding hydrogens is 224 g/mol. The Hall–Kier alpha value is -0.570. The van der Waals surface area contributed by atoms with Gasteiger partial charge < -0.3 is 4.90 Å². The number of unbranched alkanes of at least 4 members (excludes halogenated alkanes) is 1. The second-order valence-electron chi connectivity index (χ2n) is 6.37. The summed E-state index contributed by atoms with van der Waals surface area (Å²) in [5, 5.41) is 3.56. The Morgan fingerprint density at radius 2 is 2.00 bits per heavy atom. The highest BCUT2D eigenvalue weighted by Gasteiger charge is 2.45. The molecule has 1 heterocycles. The molecule has 1 saturated heterocycles. The van der Waals surface area contributed by atoms with E-state index in [1.807, 2.05) is 0 Å². The van der Waals surface area contributed by atoms with Gasteiger partial charge in [0.15, 0.2) is 0 Å². The van der Waals surface area contributed by atoms with Crippen LogP contribution in [-0.4, -0.2) is 29.1 Å². The van der Waals surface area contributed by atoms with Crippen LogP contribution in [0.2, 0.25) is 0 Å². The molecule has 3 unspecified atom stereocenters. The van der Waals surface area contributed by atoms with Gasteiger partial charge in [0, 0.05) is 6.04 Å². The highest BCUT2D eigenvalue weighted by molar-refractivity contribution is 5.84. The van der Waals surface area contributed by atoms with Crippen LogP contribution in [-0.2, 0) is 4.79 Å². The monoisotopic (exact) mass is 252 g/mol. The van der Waals surface area contributed by atoms with Gasteiger partial charge in [-0.15, -0.1) is 0 Å². The van der Waals surface area contributed by atoms with Crippen molar-refractivity contribution in [1.29, 1.82) is 0 Å². The molecule has 1 amide bonds. The third kappa shape index (κ3) is 2.71. The number of nitrogens with zero attached hydrogens (tertiary/aromatic N) is 1. The topological polar surface area (TPSA) is 32.3 Å². The van der Waals surface area contributed by atoms with E-state index in [9.17, 15) is 4.79 Å². The average Bonchev–Trinajstić information content (AvgIpc) is 3.11. The molecule has 1 N–H and O–H groups in total. The lowest BCUT2D eigenvalue weighted by Crippen LogP contribution is -2.47. The first-order chi connectivity index (χ1) is 8.56. The third-order valence-electron chi connectivity index (χ3n) is 4.45. The molecule has 2 aliphatic rings. The van der Waals surface area contributed by atoms with Crippen LogP contribution in [0.25, 0.3) is 0 Å². The molecule has 2 rings (SSSR count). The number of hydrogen-bond acceptors (Lipinski definition) is 2. The second kappa shape index (κ2) is 5.60. The summed E-state index contributed by atoms with van der Waals surface area (Å²) in [5.41, 5.74) is 0. The number of carbonyl (C=O) groups excluding carboxylic acids is 1. The summed E-state index contributed by atoms with van der Waals surface area (Å²) >= 11 is 0. The van der Waals surface area contributed by atoms with Gasteiger partial charge in [-0.1, -0.05) is 33.6 Å². The van der Waals surface area contributed by atoms with E-state index in [4.69, 9.17) is 0 Å². The minimum atomic E-state index is 0.0681. The first-order valence-electron chi connectivity index (χ1n) is 7.64. The van der Waals surface area contributed by atoms with Crippen LogP contribution in [0.3, 0.4) is 0 Å². The molecule has 3 heteroatoms. The highest BCUT2D eigenvalue weighted by Crippen LogP contribution is 2.38. The minimum absolute atomic E-state index is 0.0681. The van der Waals surface area contributed by atoms with E-state index in [-0.39, 0.29) is 12.2 Å². The predicted molar refractivity (Wildman–Crippen MR) is 74.1 cm³/mol. The van der Waals surface area contributed by atoms with Crippen LogP contribution in [0.5, 0.6) is 0 Å². The molecule has 2 fully saturated rings. The zero-order valence-corrected chi connectivity index (χ0v) is 12.3. The molecule has 1 aliphatic carbocycles. The quantitative estimate of drug-likeness (QED) is 0.788. The number of amides is 1. The van der Waals surface area contributed by atoms with Gasteiger partial charge in [0.2, 0.25) is 5.91 Å². The first kappa shape index (κ1) is 13.9. The van der Waals surface area contributed by atoms with Gasteiger partial charge in [0.25, 0.3) is 0 Å². The fourth-order valence-corrected chi connectivity index (χ4v) is 3.06. The SMILES string of the molecule is CCCCC1NC(C(C)C)N(C(C)C2CC2)C1=O. The van der Waals surface area contributed by atoms with Crippen molar-refractivity contribution in [2.75, 3.05) is 0 Å². The number of carbonyl (C=O) groups is 1. The minimum Gasteiger partial charge on any atom is -0.323 e. The van der Waals surface area contributed by atoms with E-state index in [0.717, 1.165) is 25.2 Å². The van der Waals surface area contributed by atoms with Gasteiger partial charge in [-0.05, 0) is 38.0 Å². The van der Waals surface area contributed by atoms with Crippen molar-refractivity contribution in [2.45, 2.75) is 78.0 Å². The summed E-state index contributed by atoms with van der Waals surface area (Å²) in [6, 6.07) is 0.488. The van der Waals surface area contributed by atoms with Crippen LogP contribution in [0.4, 0.5) is 0 Å². The number of nitrogens with one attached hydrogen (secondary N) is 1. The zero-order chi connectivity index (χ0) is 13.3. The van der Waals surface area contributed by atoms with Gasteiger partial charge >= 0.3 is 0 Å². The molecule has 1 aliphatic heterocycles. The van der Waals surface area contributed by atoms with Crippen molar-refractivity contribution in [2.24, 2.45) is 11.8 Å². The van der Waals surface area contributed by atoms with E-state index in [2.05, 4.69) is 37.9 Å². The van der Waals surface area contributed by atoms with Gasteiger partial charge in [-0.25, -0.2) is 0 Å². The third-order valence-corrected chi connectivity index (χ3v) is 4.45. The maximum absolute atomic E-state index is 12.6. The standard InChI is InChI=1S/C15H28N2O/c1-5-6-7-13-15(18)17(11(4)12-8-9-12)14(16-13)10(2)3/h10-14,16H,5-9H2,1-4H3. The molecule has 0 aromatic carbocycles. The van der Waals surface area contributed by atoms with E-state index in [1.54, 1.807) is 0 Å². The Kier molecular flexibility index (Phi) is 4.31. The van der Waals surface area contributed by atoms with E-state index in [1.165, 1.54) is 12.8 Å². The Morgan fingerprint density at radius 1 is 1.33 bits per heavy atom. The Bertz CT molecular complexity index is 299. The lowest BCUT2D eigenvalue weighted by molar-refractivity contribution is -0.133. The predicted octanol–water partition coefficient (Wildman–Crippen LogP) is 2.76. The average molecular weight is 252 g/mol. The smallest absolute Gasteiger partial charge is 0.241 e. The van der Waals surface area contributed by atoms with E-state index >= 15 is 0 Å². The molecule has 3 nitrogen and oxygen atoms in total. The largest absolute Gasteiger partial charge is 0.323 e. The van der Waals surface area contributed by atoms with Crippen molar-refractivity contribution in [1.82, 2.24) is 10.2 Å². The summed E-state index contributed by atoms with van der Waals surface area (Å²) in [5.74, 6) is 1.59. The first-order valence-corrected chi connectivity index (χ1v) is 7.64. The Morgan fingerprint density at radius 3 is 2.50 bits per heavy atom. The molecule has 104 valence electrons. The Balaban J connectivity index is 2.06. The fraction of sp³-hybridized carbons (Fsp3) is 0.933. The zero-order valence-electron chi connectivity index (χ0n) is 12.3. The van der Waals surface area contributed by atoms with Crippen LogP contribution >= 0.6 is 0 Å². The lowest BCUT2D eigenvalue weighted by Gasteiger charge is -2.32. The molecule has 0 aromatic heterocycles. The van der Waals surface area contributed by atoms with Crippen LogP contribution in [0.15, 0.2) is 0 Å². The van der Waals surface area contributed by atoms with Gasteiger partial charge in [0.05, 0.1) is 12.2 Å². The molecule has 18 heavy (non-hydrogen) atoms. The molecular formula is C15H28N2O. The maximum Gasteiger partial charge on any atom is 0.241 e. The van der Waals surface area contributed by atoms with Crippen LogP contribution < -0.4 is 5.32 Å². The van der Waals surface area contributed by atoms with Crippen molar-refractivity contribution >= 4 is 5.91 Å². The van der Waals surface area contributed by atoms with Crippen molar-refractivity contribution in [3.63, 3.8) is 0 Å². The lowest BCUT2D eigenvalue weighted by atomic mass is 10.1. The molecule has 0 spiro atoms. The summed E-state index contributed by atoms with van der Waals surface area (Å²) in [6.07, 6.45) is 6.14. The number of hydrogen-bond donors (Lipinski definition) is 1. The molecule has 0 radical (unpaired) electrons. The highest BCUT2D eigenvalue weighted by atomic mass is 16.2. The molecule has 0 aromatic rings. The summed E-state index contributed by atoms with van der Waals surface area (Å²) in [7, 11) is 0. The summed E-state index contributed by atoms with van der Waals surface area (Å²) in [6.45, 7) is 8.83. The van der Waals surface area contributed by atoms with Crippen LogP contribution in [0, 0.1) is 11.8 Å². The maximum atomic E-state index is 12.6. The van der Waals surface area contributed by atoms with E-state index < -0.39 is 0 Å². The second-order valence-corrected chi connectivity index (χ2v) is 6.37. The summed E-state index contributed by atoms with van der Waals surface area (Å²) < 4.78 is 0. The van der Waals surface area contributed by atoms with Gasteiger partial charge in [-0.3, -0.25) is 10.1 Å². The fourth-order valence-electron chi connectivity index (χ4n) is 3.06. The van der Waals surface area contributed by atoms with Gasteiger partial charge in [-0.2, -0.15) is 0 Å².